The number of rotatable bonds is 3. The lowest BCUT2D eigenvalue weighted by Crippen LogP contribution is -2.06. The molecule has 0 saturated carbocycles. The normalized spacial score (nSPS) is 10.8. The molecule has 2 heterocycles. The Hall–Kier alpha value is -1.46. The third kappa shape index (κ3) is 2.62. The van der Waals surface area contributed by atoms with E-state index < -0.39 is 0 Å². The fourth-order valence-corrected chi connectivity index (χ4v) is 1.80. The van der Waals surface area contributed by atoms with Gasteiger partial charge in [-0.3, -0.25) is 0 Å². The molecule has 0 aliphatic carbocycles. The molecule has 2 aromatic heterocycles. The first-order valence-corrected chi connectivity index (χ1v) is 5.54. The minimum absolute atomic E-state index is 0.414. The first-order valence-electron chi connectivity index (χ1n) is 5.16. The van der Waals surface area contributed by atoms with Crippen LogP contribution in [0.1, 0.15) is 17.1 Å². The Kier molecular flexibility index (Phi) is 3.40. The van der Waals surface area contributed by atoms with Crippen LogP contribution in [-0.2, 0) is 11.3 Å². The Bertz CT molecular complexity index is 518. The number of nitrogens with zero attached hydrogens (tertiary/aromatic N) is 4. The second-order valence-electron chi connectivity index (χ2n) is 3.75. The van der Waals surface area contributed by atoms with Crippen molar-refractivity contribution in [3.63, 3.8) is 0 Å². The van der Waals surface area contributed by atoms with E-state index in [4.69, 9.17) is 16.3 Å². The molecular weight excluding hydrogens is 240 g/mol. The number of aromatic nitrogens is 4. The van der Waals surface area contributed by atoms with Crippen LogP contribution in [-0.4, -0.2) is 26.9 Å². The van der Waals surface area contributed by atoms with Crippen molar-refractivity contribution in [2.45, 2.75) is 20.5 Å². The molecule has 0 spiro atoms. The maximum atomic E-state index is 6.08. The van der Waals surface area contributed by atoms with E-state index in [0.29, 0.717) is 17.7 Å². The Morgan fingerprint density at radius 3 is 2.47 bits per heavy atom. The summed E-state index contributed by atoms with van der Waals surface area (Å²) in [7, 11) is 1.61. The van der Waals surface area contributed by atoms with Gasteiger partial charge in [0.1, 0.15) is 5.15 Å². The summed E-state index contributed by atoms with van der Waals surface area (Å²) in [6, 6.07) is 3.64. The predicted octanol–water partition coefficient (Wildman–Crippen LogP) is 2.08. The Morgan fingerprint density at radius 1 is 1.24 bits per heavy atom. The largest absolute Gasteiger partial charge is 0.378 e. The first kappa shape index (κ1) is 12.0. The van der Waals surface area contributed by atoms with Crippen LogP contribution in [0.2, 0.25) is 5.15 Å². The van der Waals surface area contributed by atoms with Crippen LogP contribution in [0.15, 0.2) is 12.1 Å². The number of aryl methyl sites for hydroxylation is 2. The van der Waals surface area contributed by atoms with Gasteiger partial charge in [-0.1, -0.05) is 11.6 Å². The van der Waals surface area contributed by atoms with Crippen LogP contribution >= 0.6 is 11.6 Å². The smallest absolute Gasteiger partial charge is 0.252 e. The molecule has 0 amide bonds. The highest BCUT2D eigenvalue weighted by Gasteiger charge is 2.10. The molecule has 90 valence electrons. The quantitative estimate of drug-likeness (QED) is 0.839. The van der Waals surface area contributed by atoms with Crippen molar-refractivity contribution in [1.82, 2.24) is 19.7 Å². The minimum atomic E-state index is 0.414. The molecule has 2 rings (SSSR count). The molecule has 0 aliphatic heterocycles. The Morgan fingerprint density at radius 2 is 1.88 bits per heavy atom. The van der Waals surface area contributed by atoms with Crippen molar-refractivity contribution in [2.75, 3.05) is 7.11 Å². The van der Waals surface area contributed by atoms with Crippen LogP contribution in [0.25, 0.3) is 5.95 Å². The van der Waals surface area contributed by atoms with Crippen molar-refractivity contribution in [3.05, 3.63) is 34.4 Å². The molecule has 0 bridgehead atoms. The molecule has 0 unspecified atom stereocenters. The summed E-state index contributed by atoms with van der Waals surface area (Å²) in [5.74, 6) is 0.481. The van der Waals surface area contributed by atoms with E-state index >= 15 is 0 Å². The molecule has 0 atom stereocenters. The van der Waals surface area contributed by atoms with Crippen LogP contribution in [0, 0.1) is 13.8 Å². The summed E-state index contributed by atoms with van der Waals surface area (Å²) in [5.41, 5.74) is 2.51. The molecule has 0 aliphatic rings. The number of hydrogen-bond acceptors (Lipinski definition) is 4. The molecule has 0 radical (unpaired) electrons. The van der Waals surface area contributed by atoms with Crippen molar-refractivity contribution in [3.8, 4) is 5.95 Å². The van der Waals surface area contributed by atoms with Gasteiger partial charge < -0.3 is 4.74 Å². The molecule has 17 heavy (non-hydrogen) atoms. The molecule has 0 N–H and O–H groups in total. The van der Waals surface area contributed by atoms with Gasteiger partial charge in [-0.15, -0.1) is 0 Å². The SMILES string of the molecule is COCc1cc(Cl)n(-c2nc(C)cc(C)n2)n1. The van der Waals surface area contributed by atoms with Gasteiger partial charge in [0.15, 0.2) is 0 Å². The summed E-state index contributed by atoms with van der Waals surface area (Å²) >= 11 is 6.08. The lowest BCUT2D eigenvalue weighted by molar-refractivity contribution is 0.181. The average Bonchev–Trinajstić information content (AvgIpc) is 2.58. The highest BCUT2D eigenvalue weighted by molar-refractivity contribution is 6.29. The van der Waals surface area contributed by atoms with E-state index in [0.717, 1.165) is 17.1 Å². The Balaban J connectivity index is 2.44. The zero-order chi connectivity index (χ0) is 12.4. The van der Waals surface area contributed by atoms with Gasteiger partial charge in [-0.05, 0) is 19.9 Å². The Labute approximate surface area is 104 Å². The predicted molar refractivity (Wildman–Crippen MR) is 64.4 cm³/mol. The molecule has 0 saturated heterocycles. The van der Waals surface area contributed by atoms with E-state index in [1.807, 2.05) is 19.9 Å². The fraction of sp³-hybridized carbons (Fsp3) is 0.364. The third-order valence-electron chi connectivity index (χ3n) is 2.17. The van der Waals surface area contributed by atoms with Gasteiger partial charge >= 0.3 is 0 Å². The summed E-state index contributed by atoms with van der Waals surface area (Å²) in [5, 5.41) is 4.76. The maximum absolute atomic E-state index is 6.08. The molecule has 6 heteroatoms. The van der Waals surface area contributed by atoms with Gasteiger partial charge in [0, 0.05) is 24.6 Å². The van der Waals surface area contributed by atoms with E-state index in [2.05, 4.69) is 15.1 Å². The number of ether oxygens (including phenoxy) is 1. The van der Waals surface area contributed by atoms with Gasteiger partial charge in [0.05, 0.1) is 12.3 Å². The highest BCUT2D eigenvalue weighted by atomic mass is 35.5. The monoisotopic (exact) mass is 252 g/mol. The van der Waals surface area contributed by atoms with E-state index in [1.54, 1.807) is 13.2 Å². The van der Waals surface area contributed by atoms with E-state index in [9.17, 15) is 0 Å². The van der Waals surface area contributed by atoms with E-state index in [-0.39, 0.29) is 0 Å². The van der Waals surface area contributed by atoms with Crippen LogP contribution < -0.4 is 0 Å². The molecular formula is C11H13ClN4O. The average molecular weight is 253 g/mol. The minimum Gasteiger partial charge on any atom is -0.378 e. The van der Waals surface area contributed by atoms with Gasteiger partial charge in [-0.25, -0.2) is 9.97 Å². The summed E-state index contributed by atoms with van der Waals surface area (Å²) in [6.45, 7) is 4.23. The van der Waals surface area contributed by atoms with Crippen molar-refractivity contribution < 1.29 is 4.74 Å². The molecule has 0 aromatic carbocycles. The highest BCUT2D eigenvalue weighted by Crippen LogP contribution is 2.15. The molecule has 0 fully saturated rings. The van der Waals surface area contributed by atoms with Gasteiger partial charge in [0.2, 0.25) is 0 Å². The lowest BCUT2D eigenvalue weighted by Gasteiger charge is -2.03. The van der Waals surface area contributed by atoms with Crippen molar-refractivity contribution in [1.29, 1.82) is 0 Å². The van der Waals surface area contributed by atoms with Crippen molar-refractivity contribution in [2.24, 2.45) is 0 Å². The second-order valence-corrected chi connectivity index (χ2v) is 4.14. The number of hydrogen-bond donors (Lipinski definition) is 0. The fourth-order valence-electron chi connectivity index (χ4n) is 1.56. The van der Waals surface area contributed by atoms with Crippen LogP contribution in [0.5, 0.6) is 0 Å². The topological polar surface area (TPSA) is 52.8 Å². The first-order chi connectivity index (χ1) is 8.10. The number of halogens is 1. The van der Waals surface area contributed by atoms with Crippen LogP contribution in [0.3, 0.4) is 0 Å². The number of methoxy groups -OCH3 is 1. The zero-order valence-corrected chi connectivity index (χ0v) is 10.7. The van der Waals surface area contributed by atoms with Crippen LogP contribution in [0.4, 0.5) is 0 Å². The van der Waals surface area contributed by atoms with Gasteiger partial charge in [0.25, 0.3) is 5.95 Å². The van der Waals surface area contributed by atoms with E-state index in [1.165, 1.54) is 4.68 Å². The summed E-state index contributed by atoms with van der Waals surface area (Å²) < 4.78 is 6.51. The maximum Gasteiger partial charge on any atom is 0.252 e. The standard InChI is InChI=1S/C11H13ClN4O/c1-7-4-8(2)14-11(13-7)16-10(12)5-9(15-16)6-17-3/h4-5H,6H2,1-3H3. The summed E-state index contributed by atoms with van der Waals surface area (Å²) in [6.07, 6.45) is 0. The lowest BCUT2D eigenvalue weighted by atomic mass is 10.4. The zero-order valence-electron chi connectivity index (χ0n) is 9.94. The molecule has 5 nitrogen and oxygen atoms in total. The van der Waals surface area contributed by atoms with Crippen molar-refractivity contribution >= 4 is 11.6 Å². The third-order valence-corrected chi connectivity index (χ3v) is 2.44. The van der Waals surface area contributed by atoms with Gasteiger partial charge in [-0.2, -0.15) is 9.78 Å². The summed E-state index contributed by atoms with van der Waals surface area (Å²) in [4.78, 5) is 8.61. The molecule has 2 aromatic rings. The second kappa shape index (κ2) is 4.81.